The van der Waals surface area contributed by atoms with E-state index in [9.17, 15) is 9.59 Å². The van der Waals surface area contributed by atoms with Crippen LogP contribution in [-0.2, 0) is 24.5 Å². The molecule has 0 saturated carbocycles. The Labute approximate surface area is 189 Å². The summed E-state index contributed by atoms with van der Waals surface area (Å²) in [6, 6.07) is 20.3. The molecular weight excluding hydrogens is 422 g/mol. The second-order valence-electron chi connectivity index (χ2n) is 7.65. The fraction of sp³-hybridized carbons (Fsp3) is 0.200. The lowest BCUT2D eigenvalue weighted by Crippen LogP contribution is -2.29. The van der Waals surface area contributed by atoms with Crippen LogP contribution < -0.4 is 25.2 Å². The molecule has 0 aliphatic carbocycles. The van der Waals surface area contributed by atoms with Gasteiger partial charge in [0.2, 0.25) is 12.7 Å². The Balaban J connectivity index is 1.26. The standard InChI is InChI=1S/C25H23N3O5/c1-2-27-20-8-3-4-9-21(20)28(25(27)30)14-24(29)26-18-7-5-6-17(12-18)15-31-19-10-11-22-23(13-19)33-16-32-22/h3-13H,2,14-16H2,1H3,(H,26,29). The summed E-state index contributed by atoms with van der Waals surface area (Å²) in [5, 5.41) is 2.88. The molecule has 8 heteroatoms. The zero-order valence-corrected chi connectivity index (χ0v) is 18.1. The Morgan fingerprint density at radius 2 is 1.76 bits per heavy atom. The first-order chi connectivity index (χ1) is 16.1. The van der Waals surface area contributed by atoms with Crippen LogP contribution in [0.2, 0.25) is 0 Å². The highest BCUT2D eigenvalue weighted by Crippen LogP contribution is 2.35. The van der Waals surface area contributed by atoms with Crippen molar-refractivity contribution in [3.8, 4) is 17.2 Å². The molecule has 0 bridgehead atoms. The van der Waals surface area contributed by atoms with E-state index in [1.54, 1.807) is 16.7 Å². The monoisotopic (exact) mass is 445 g/mol. The maximum absolute atomic E-state index is 12.8. The minimum Gasteiger partial charge on any atom is -0.489 e. The Morgan fingerprint density at radius 3 is 2.58 bits per heavy atom. The summed E-state index contributed by atoms with van der Waals surface area (Å²) < 4.78 is 19.7. The zero-order chi connectivity index (χ0) is 22.8. The van der Waals surface area contributed by atoms with Crippen molar-refractivity contribution in [2.24, 2.45) is 0 Å². The molecule has 8 nitrogen and oxygen atoms in total. The van der Waals surface area contributed by atoms with Gasteiger partial charge in [-0.05, 0) is 48.9 Å². The number of aromatic nitrogens is 2. The molecule has 1 amide bonds. The molecule has 33 heavy (non-hydrogen) atoms. The normalized spacial score (nSPS) is 12.2. The van der Waals surface area contributed by atoms with Crippen molar-refractivity contribution in [3.63, 3.8) is 0 Å². The molecule has 0 radical (unpaired) electrons. The van der Waals surface area contributed by atoms with E-state index in [1.807, 2.05) is 61.5 Å². The van der Waals surface area contributed by atoms with Crippen molar-refractivity contribution in [2.45, 2.75) is 26.6 Å². The van der Waals surface area contributed by atoms with Gasteiger partial charge in [0.15, 0.2) is 11.5 Å². The maximum atomic E-state index is 12.8. The summed E-state index contributed by atoms with van der Waals surface area (Å²) in [5.74, 6) is 1.76. The van der Waals surface area contributed by atoms with E-state index < -0.39 is 0 Å². The molecular formula is C25H23N3O5. The average molecular weight is 445 g/mol. The predicted molar refractivity (Wildman–Crippen MR) is 124 cm³/mol. The van der Waals surface area contributed by atoms with Gasteiger partial charge in [-0.25, -0.2) is 4.79 Å². The van der Waals surface area contributed by atoms with E-state index >= 15 is 0 Å². The number of ether oxygens (including phenoxy) is 3. The molecule has 1 N–H and O–H groups in total. The molecule has 0 fully saturated rings. The van der Waals surface area contributed by atoms with Crippen LogP contribution in [0.5, 0.6) is 17.2 Å². The number of carbonyl (C=O) groups excluding carboxylic acids is 1. The molecule has 0 atom stereocenters. The first kappa shape index (κ1) is 20.7. The highest BCUT2D eigenvalue weighted by Gasteiger charge is 2.15. The van der Waals surface area contributed by atoms with Crippen molar-refractivity contribution in [1.29, 1.82) is 0 Å². The molecule has 4 aromatic rings. The number of hydrogen-bond acceptors (Lipinski definition) is 5. The van der Waals surface area contributed by atoms with Gasteiger partial charge in [-0.2, -0.15) is 0 Å². The number of amides is 1. The Hall–Kier alpha value is -4.20. The summed E-state index contributed by atoms with van der Waals surface area (Å²) in [7, 11) is 0. The molecule has 1 aromatic heterocycles. The molecule has 0 unspecified atom stereocenters. The molecule has 1 aliphatic heterocycles. The number of fused-ring (bicyclic) bond motifs is 2. The first-order valence-corrected chi connectivity index (χ1v) is 10.7. The van der Waals surface area contributed by atoms with Crippen LogP contribution in [0.4, 0.5) is 5.69 Å². The number of rotatable bonds is 7. The SMILES string of the molecule is CCn1c(=O)n(CC(=O)Nc2cccc(COc3ccc4c(c3)OCO4)c2)c2ccccc21. The van der Waals surface area contributed by atoms with Crippen molar-refractivity contribution in [3.05, 3.63) is 82.8 Å². The minimum absolute atomic E-state index is 0.0652. The van der Waals surface area contributed by atoms with Crippen LogP contribution in [0.25, 0.3) is 11.0 Å². The first-order valence-electron chi connectivity index (χ1n) is 10.7. The summed E-state index contributed by atoms with van der Waals surface area (Å²) in [4.78, 5) is 25.5. The molecule has 1 aliphatic rings. The second-order valence-corrected chi connectivity index (χ2v) is 7.65. The molecule has 3 aromatic carbocycles. The van der Waals surface area contributed by atoms with E-state index in [-0.39, 0.29) is 24.9 Å². The third-order valence-corrected chi connectivity index (χ3v) is 5.50. The zero-order valence-electron chi connectivity index (χ0n) is 18.1. The lowest BCUT2D eigenvalue weighted by Gasteiger charge is -2.10. The Kier molecular flexibility index (Phi) is 5.48. The highest BCUT2D eigenvalue weighted by molar-refractivity contribution is 5.91. The molecule has 5 rings (SSSR count). The number of hydrogen-bond donors (Lipinski definition) is 1. The van der Waals surface area contributed by atoms with Gasteiger partial charge in [0.25, 0.3) is 0 Å². The van der Waals surface area contributed by atoms with Gasteiger partial charge in [-0.15, -0.1) is 0 Å². The van der Waals surface area contributed by atoms with E-state index in [4.69, 9.17) is 14.2 Å². The van der Waals surface area contributed by atoms with Crippen LogP contribution in [-0.4, -0.2) is 21.8 Å². The lowest BCUT2D eigenvalue weighted by atomic mass is 10.2. The van der Waals surface area contributed by atoms with Crippen molar-refractivity contribution >= 4 is 22.6 Å². The quantitative estimate of drug-likeness (QED) is 0.468. The number of imidazole rings is 1. The van der Waals surface area contributed by atoms with Gasteiger partial charge in [-0.1, -0.05) is 24.3 Å². The number of benzene rings is 3. The van der Waals surface area contributed by atoms with Crippen LogP contribution in [0, 0.1) is 0 Å². The van der Waals surface area contributed by atoms with Gasteiger partial charge in [-0.3, -0.25) is 13.9 Å². The number of carbonyl (C=O) groups is 1. The fourth-order valence-corrected chi connectivity index (χ4v) is 3.95. The Morgan fingerprint density at radius 1 is 0.970 bits per heavy atom. The third-order valence-electron chi connectivity index (χ3n) is 5.50. The highest BCUT2D eigenvalue weighted by atomic mass is 16.7. The average Bonchev–Trinajstić information content (AvgIpc) is 3.40. The minimum atomic E-state index is -0.273. The third kappa shape index (κ3) is 4.15. The maximum Gasteiger partial charge on any atom is 0.329 e. The van der Waals surface area contributed by atoms with E-state index in [2.05, 4.69) is 5.32 Å². The number of anilines is 1. The molecule has 2 heterocycles. The van der Waals surface area contributed by atoms with Gasteiger partial charge < -0.3 is 19.5 Å². The van der Waals surface area contributed by atoms with E-state index in [1.165, 1.54) is 4.57 Å². The second kappa shape index (κ2) is 8.74. The van der Waals surface area contributed by atoms with Crippen LogP contribution >= 0.6 is 0 Å². The van der Waals surface area contributed by atoms with Crippen LogP contribution in [0.15, 0.2) is 71.5 Å². The summed E-state index contributed by atoms with van der Waals surface area (Å²) in [5.41, 5.74) is 2.90. The van der Waals surface area contributed by atoms with Gasteiger partial charge in [0.1, 0.15) is 18.9 Å². The lowest BCUT2D eigenvalue weighted by molar-refractivity contribution is -0.116. The molecule has 0 saturated heterocycles. The summed E-state index contributed by atoms with van der Waals surface area (Å²) in [6.45, 7) is 2.93. The fourth-order valence-electron chi connectivity index (χ4n) is 3.95. The van der Waals surface area contributed by atoms with Crippen LogP contribution in [0.1, 0.15) is 12.5 Å². The predicted octanol–water partition coefficient (Wildman–Crippen LogP) is 3.77. The topological polar surface area (TPSA) is 83.7 Å². The number of nitrogens with one attached hydrogen (secondary N) is 1. The molecule has 168 valence electrons. The van der Waals surface area contributed by atoms with E-state index in [0.29, 0.717) is 36.1 Å². The van der Waals surface area contributed by atoms with Gasteiger partial charge >= 0.3 is 5.69 Å². The largest absolute Gasteiger partial charge is 0.489 e. The van der Waals surface area contributed by atoms with Crippen LogP contribution in [0.3, 0.4) is 0 Å². The summed E-state index contributed by atoms with van der Waals surface area (Å²) >= 11 is 0. The number of nitrogens with zero attached hydrogens (tertiary/aromatic N) is 2. The Bertz CT molecular complexity index is 1390. The van der Waals surface area contributed by atoms with Gasteiger partial charge in [0, 0.05) is 18.3 Å². The number of para-hydroxylation sites is 2. The van der Waals surface area contributed by atoms with Gasteiger partial charge in [0.05, 0.1) is 11.0 Å². The smallest absolute Gasteiger partial charge is 0.329 e. The molecule has 0 spiro atoms. The number of aryl methyl sites for hydroxylation is 1. The van der Waals surface area contributed by atoms with E-state index in [0.717, 1.165) is 16.6 Å². The van der Waals surface area contributed by atoms with Crippen molar-refractivity contribution in [1.82, 2.24) is 9.13 Å². The summed E-state index contributed by atoms with van der Waals surface area (Å²) in [6.07, 6.45) is 0. The van der Waals surface area contributed by atoms with Crippen molar-refractivity contribution < 1.29 is 19.0 Å². The van der Waals surface area contributed by atoms with Crippen molar-refractivity contribution in [2.75, 3.05) is 12.1 Å².